The summed E-state index contributed by atoms with van der Waals surface area (Å²) in [6.07, 6.45) is 2.26. The minimum atomic E-state index is -0.105. The number of aromatic amines is 1. The molecule has 0 saturated carbocycles. The zero-order chi connectivity index (χ0) is 12.1. The van der Waals surface area contributed by atoms with E-state index >= 15 is 0 Å². The van der Waals surface area contributed by atoms with Crippen LogP contribution in [-0.2, 0) is 0 Å². The predicted molar refractivity (Wildman–Crippen MR) is 66.8 cm³/mol. The van der Waals surface area contributed by atoms with Crippen LogP contribution in [0.5, 0.6) is 0 Å². The molecule has 0 radical (unpaired) electrons. The van der Waals surface area contributed by atoms with E-state index in [1.165, 1.54) is 6.07 Å². The summed E-state index contributed by atoms with van der Waals surface area (Å²) in [5.41, 5.74) is -0.105. The molecule has 0 aliphatic rings. The van der Waals surface area contributed by atoms with Gasteiger partial charge in [-0.3, -0.25) is 4.79 Å². The largest absolute Gasteiger partial charge is 0.367 e. The lowest BCUT2D eigenvalue weighted by molar-refractivity contribution is 0.437. The number of hydrogen-bond donors (Lipinski definition) is 2. The lowest BCUT2D eigenvalue weighted by Gasteiger charge is -2.22. The van der Waals surface area contributed by atoms with Crippen molar-refractivity contribution in [3.63, 3.8) is 0 Å². The van der Waals surface area contributed by atoms with Crippen LogP contribution in [0.4, 0.5) is 5.82 Å². The van der Waals surface area contributed by atoms with E-state index in [-0.39, 0.29) is 5.56 Å². The minimum Gasteiger partial charge on any atom is -0.367 e. The molecule has 1 heterocycles. The summed E-state index contributed by atoms with van der Waals surface area (Å²) in [6, 6.07) is 1.84. The van der Waals surface area contributed by atoms with E-state index in [4.69, 9.17) is 0 Å². The molecule has 2 N–H and O–H groups in total. The van der Waals surface area contributed by atoms with E-state index < -0.39 is 0 Å². The Morgan fingerprint density at radius 1 is 1.44 bits per heavy atom. The monoisotopic (exact) mass is 223 g/mol. The van der Waals surface area contributed by atoms with Crippen LogP contribution in [0, 0.1) is 12.8 Å². The van der Waals surface area contributed by atoms with Gasteiger partial charge in [-0.2, -0.15) is 0 Å². The zero-order valence-electron chi connectivity index (χ0n) is 10.5. The Morgan fingerprint density at radius 3 is 2.56 bits per heavy atom. The van der Waals surface area contributed by atoms with Crippen molar-refractivity contribution in [3.05, 3.63) is 22.2 Å². The van der Waals surface area contributed by atoms with Gasteiger partial charge in [0, 0.05) is 12.1 Å². The summed E-state index contributed by atoms with van der Waals surface area (Å²) in [4.78, 5) is 18.2. The number of rotatable bonds is 5. The molecule has 0 saturated heterocycles. The maximum absolute atomic E-state index is 11.3. The Labute approximate surface area is 96.5 Å². The number of H-pyrrole nitrogens is 1. The molecule has 4 heteroatoms. The lowest BCUT2D eigenvalue weighted by atomic mass is 9.95. The van der Waals surface area contributed by atoms with E-state index in [2.05, 4.69) is 36.1 Å². The van der Waals surface area contributed by atoms with Crippen LogP contribution < -0.4 is 10.9 Å². The molecular formula is C12H21N3O. The van der Waals surface area contributed by atoms with Crippen LogP contribution >= 0.6 is 0 Å². The maximum Gasteiger partial charge on any atom is 0.252 e. The molecule has 0 spiro atoms. The summed E-state index contributed by atoms with van der Waals surface area (Å²) in [6.45, 7) is 8.29. The Hall–Kier alpha value is -1.32. The third kappa shape index (κ3) is 3.36. The quantitative estimate of drug-likeness (QED) is 0.805. The Balaban J connectivity index is 2.76. The highest BCUT2D eigenvalue weighted by Gasteiger charge is 2.13. The molecule has 0 aromatic carbocycles. The van der Waals surface area contributed by atoms with Crippen LogP contribution in [0.15, 0.2) is 10.9 Å². The highest BCUT2D eigenvalue weighted by atomic mass is 16.1. The molecular weight excluding hydrogens is 202 g/mol. The van der Waals surface area contributed by atoms with Gasteiger partial charge in [-0.05, 0) is 19.8 Å². The van der Waals surface area contributed by atoms with Gasteiger partial charge < -0.3 is 10.3 Å². The first-order chi connectivity index (χ1) is 7.56. The van der Waals surface area contributed by atoms with E-state index in [9.17, 15) is 4.79 Å². The fourth-order valence-corrected chi connectivity index (χ4v) is 2.00. The number of hydrogen-bond acceptors (Lipinski definition) is 3. The Morgan fingerprint density at radius 2 is 2.06 bits per heavy atom. The third-order valence-electron chi connectivity index (χ3n) is 2.99. The van der Waals surface area contributed by atoms with Gasteiger partial charge in [0.05, 0.1) is 0 Å². The molecule has 0 fully saturated rings. The van der Waals surface area contributed by atoms with E-state index in [0.717, 1.165) is 12.8 Å². The zero-order valence-corrected chi connectivity index (χ0v) is 10.5. The lowest BCUT2D eigenvalue weighted by Crippen LogP contribution is -2.26. The van der Waals surface area contributed by atoms with Gasteiger partial charge in [0.2, 0.25) is 0 Å². The predicted octanol–water partition coefficient (Wildman–Crippen LogP) is 2.31. The van der Waals surface area contributed by atoms with Gasteiger partial charge >= 0.3 is 0 Å². The van der Waals surface area contributed by atoms with Crippen molar-refractivity contribution in [2.45, 2.75) is 46.6 Å². The van der Waals surface area contributed by atoms with Crippen LogP contribution in [-0.4, -0.2) is 16.0 Å². The molecule has 0 bridgehead atoms. The highest BCUT2D eigenvalue weighted by molar-refractivity contribution is 5.34. The van der Waals surface area contributed by atoms with Crippen molar-refractivity contribution in [2.75, 3.05) is 5.32 Å². The molecule has 1 aromatic rings. The van der Waals surface area contributed by atoms with Crippen molar-refractivity contribution in [3.8, 4) is 0 Å². The number of aryl methyl sites for hydroxylation is 1. The summed E-state index contributed by atoms with van der Waals surface area (Å²) in [5.74, 6) is 1.92. The van der Waals surface area contributed by atoms with Crippen molar-refractivity contribution in [1.29, 1.82) is 0 Å². The van der Waals surface area contributed by atoms with Crippen LogP contribution in [0.25, 0.3) is 0 Å². The van der Waals surface area contributed by atoms with Gasteiger partial charge in [0.25, 0.3) is 5.56 Å². The average Bonchev–Trinajstić information content (AvgIpc) is 2.17. The maximum atomic E-state index is 11.3. The summed E-state index contributed by atoms with van der Waals surface area (Å²) < 4.78 is 0. The summed E-state index contributed by atoms with van der Waals surface area (Å²) in [7, 11) is 0. The normalized spacial score (nSPS) is 12.8. The van der Waals surface area contributed by atoms with Crippen LogP contribution in [0.3, 0.4) is 0 Å². The smallest absolute Gasteiger partial charge is 0.252 e. The van der Waals surface area contributed by atoms with Crippen LogP contribution in [0.2, 0.25) is 0 Å². The van der Waals surface area contributed by atoms with Gasteiger partial charge in [-0.25, -0.2) is 4.98 Å². The topological polar surface area (TPSA) is 57.8 Å². The summed E-state index contributed by atoms with van der Waals surface area (Å²) in [5, 5.41) is 3.29. The second-order valence-corrected chi connectivity index (χ2v) is 4.23. The van der Waals surface area contributed by atoms with Crippen molar-refractivity contribution < 1.29 is 0 Å². The molecule has 4 nitrogen and oxygen atoms in total. The number of aromatic nitrogens is 2. The molecule has 1 atom stereocenters. The van der Waals surface area contributed by atoms with E-state index in [1.54, 1.807) is 6.92 Å². The SMILES string of the molecule is CCC(CC)C(C)Nc1cc(=O)[nH]c(C)n1. The van der Waals surface area contributed by atoms with Gasteiger partial charge in [0.15, 0.2) is 0 Å². The first kappa shape index (κ1) is 12.7. The van der Waals surface area contributed by atoms with Crippen molar-refractivity contribution in [2.24, 2.45) is 5.92 Å². The molecule has 1 aromatic heterocycles. The van der Waals surface area contributed by atoms with Crippen LogP contribution in [0.1, 0.15) is 39.4 Å². The Kier molecular flexibility index (Phi) is 4.52. The highest BCUT2D eigenvalue weighted by Crippen LogP contribution is 2.16. The molecule has 0 aliphatic heterocycles. The first-order valence-corrected chi connectivity index (χ1v) is 5.91. The second-order valence-electron chi connectivity index (χ2n) is 4.23. The molecule has 1 unspecified atom stereocenters. The third-order valence-corrected chi connectivity index (χ3v) is 2.99. The second kappa shape index (κ2) is 5.68. The van der Waals surface area contributed by atoms with Crippen molar-refractivity contribution in [1.82, 2.24) is 9.97 Å². The molecule has 1 rings (SSSR count). The van der Waals surface area contributed by atoms with Gasteiger partial charge in [0.1, 0.15) is 11.6 Å². The summed E-state index contributed by atoms with van der Waals surface area (Å²) >= 11 is 0. The van der Waals surface area contributed by atoms with Gasteiger partial charge in [-0.1, -0.05) is 26.7 Å². The van der Waals surface area contributed by atoms with Crippen molar-refractivity contribution >= 4 is 5.82 Å². The molecule has 16 heavy (non-hydrogen) atoms. The average molecular weight is 223 g/mol. The minimum absolute atomic E-state index is 0.105. The van der Waals surface area contributed by atoms with Gasteiger partial charge in [-0.15, -0.1) is 0 Å². The number of nitrogens with one attached hydrogen (secondary N) is 2. The fraction of sp³-hybridized carbons (Fsp3) is 0.667. The van der Waals surface area contributed by atoms with E-state index in [0.29, 0.717) is 23.6 Å². The first-order valence-electron chi connectivity index (χ1n) is 5.91. The fourth-order valence-electron chi connectivity index (χ4n) is 2.00. The van der Waals surface area contributed by atoms with E-state index in [1.807, 2.05) is 0 Å². The Bertz CT molecular complexity index is 382. The number of nitrogens with zero attached hydrogens (tertiary/aromatic N) is 1. The molecule has 0 aliphatic carbocycles. The molecule has 0 amide bonds. The number of anilines is 1. The molecule has 90 valence electrons. The standard InChI is InChI=1S/C12H21N3O/c1-5-10(6-2)8(3)13-11-7-12(16)15-9(4)14-11/h7-8,10H,5-6H2,1-4H3,(H2,13,14,15,16).